The molecule has 0 heterocycles. The van der Waals surface area contributed by atoms with Crippen LogP contribution in [0.1, 0.15) is 0 Å². The van der Waals surface area contributed by atoms with Crippen LogP contribution >= 0.6 is 0 Å². The van der Waals surface area contributed by atoms with Gasteiger partial charge in [-0.05, 0) is 12.1 Å². The zero-order chi connectivity index (χ0) is 14.9. The van der Waals surface area contributed by atoms with E-state index in [1.807, 2.05) is 0 Å². The van der Waals surface area contributed by atoms with Crippen LogP contribution in [0.4, 0.5) is 34.6 Å². The molecule has 0 aliphatic carbocycles. The number of nitrogens with two attached hydrogens (primary N) is 1. The topological polar surface area (TPSA) is 47.3 Å². The summed E-state index contributed by atoms with van der Waals surface area (Å²) >= 11 is 0. The number of anilines is 3. The van der Waals surface area contributed by atoms with Gasteiger partial charge in [-0.3, -0.25) is 0 Å². The van der Waals surface area contributed by atoms with E-state index in [1.54, 1.807) is 0 Å². The molecule has 20 heavy (non-hydrogen) atoms. The van der Waals surface area contributed by atoms with Crippen LogP contribution in [-0.4, -0.2) is 7.11 Å². The van der Waals surface area contributed by atoms with Crippen molar-refractivity contribution in [1.29, 1.82) is 0 Å². The van der Waals surface area contributed by atoms with Crippen molar-refractivity contribution in [1.82, 2.24) is 0 Å². The van der Waals surface area contributed by atoms with Gasteiger partial charge in [-0.2, -0.15) is 0 Å². The van der Waals surface area contributed by atoms with Gasteiger partial charge in [-0.1, -0.05) is 0 Å². The van der Waals surface area contributed by atoms with E-state index in [2.05, 4.69) is 5.32 Å². The van der Waals surface area contributed by atoms with Crippen molar-refractivity contribution in [3.8, 4) is 5.75 Å². The summed E-state index contributed by atoms with van der Waals surface area (Å²) in [7, 11) is 1.25. The minimum atomic E-state index is -1.61. The van der Waals surface area contributed by atoms with Gasteiger partial charge in [-0.15, -0.1) is 0 Å². The van der Waals surface area contributed by atoms with Gasteiger partial charge in [0.1, 0.15) is 0 Å². The molecule has 2 aromatic carbocycles. The largest absolute Gasteiger partial charge is 0.494 e. The fourth-order valence-electron chi connectivity index (χ4n) is 1.60. The fraction of sp³-hybridized carbons (Fsp3) is 0.0769. The molecule has 0 unspecified atom stereocenters. The monoisotopic (exact) mass is 286 g/mol. The zero-order valence-electron chi connectivity index (χ0n) is 10.3. The van der Waals surface area contributed by atoms with Gasteiger partial charge < -0.3 is 15.8 Å². The summed E-state index contributed by atoms with van der Waals surface area (Å²) in [5, 5.41) is 2.46. The smallest absolute Gasteiger partial charge is 0.196 e. The molecule has 0 saturated heterocycles. The highest BCUT2D eigenvalue weighted by molar-refractivity contribution is 5.74. The van der Waals surface area contributed by atoms with Crippen molar-refractivity contribution in [3.05, 3.63) is 47.5 Å². The highest BCUT2D eigenvalue weighted by Gasteiger charge is 2.15. The molecule has 7 heteroatoms. The lowest BCUT2D eigenvalue weighted by Crippen LogP contribution is -2.02. The third-order valence-electron chi connectivity index (χ3n) is 2.63. The van der Waals surface area contributed by atoms with Gasteiger partial charge in [0.2, 0.25) is 0 Å². The quantitative estimate of drug-likeness (QED) is 0.515. The molecule has 0 fully saturated rings. The molecule has 0 aromatic heterocycles. The van der Waals surface area contributed by atoms with Gasteiger partial charge >= 0.3 is 0 Å². The van der Waals surface area contributed by atoms with Crippen LogP contribution in [0.25, 0.3) is 0 Å². The SMILES string of the molecule is COc1cc(Nc2ccc(F)c(F)c2F)c(N)cc1F. The third-order valence-corrected chi connectivity index (χ3v) is 2.63. The summed E-state index contributed by atoms with van der Waals surface area (Å²) in [5.74, 6) is -5.13. The molecule has 2 rings (SSSR count). The molecule has 2 aromatic rings. The summed E-state index contributed by atoms with van der Waals surface area (Å²) in [6.07, 6.45) is 0. The Balaban J connectivity index is 2.42. The van der Waals surface area contributed by atoms with Crippen LogP contribution in [0.2, 0.25) is 0 Å². The average Bonchev–Trinajstić information content (AvgIpc) is 2.42. The second kappa shape index (κ2) is 5.28. The van der Waals surface area contributed by atoms with Gasteiger partial charge in [-0.25, -0.2) is 17.6 Å². The minimum Gasteiger partial charge on any atom is -0.494 e. The third kappa shape index (κ3) is 2.47. The first-order chi connectivity index (χ1) is 9.43. The van der Waals surface area contributed by atoms with Crippen molar-refractivity contribution >= 4 is 17.1 Å². The van der Waals surface area contributed by atoms with Crippen molar-refractivity contribution in [2.45, 2.75) is 0 Å². The van der Waals surface area contributed by atoms with Crippen molar-refractivity contribution < 1.29 is 22.3 Å². The van der Waals surface area contributed by atoms with E-state index in [4.69, 9.17) is 10.5 Å². The lowest BCUT2D eigenvalue weighted by atomic mass is 10.2. The van der Waals surface area contributed by atoms with E-state index in [9.17, 15) is 17.6 Å². The number of hydrogen-bond acceptors (Lipinski definition) is 3. The molecule has 0 saturated carbocycles. The Hall–Kier alpha value is -2.44. The number of rotatable bonds is 3. The summed E-state index contributed by atoms with van der Waals surface area (Å²) in [4.78, 5) is 0. The standard InChI is InChI=1S/C13H10F4N2O/c1-20-11-5-10(8(18)4-7(11)15)19-9-3-2-6(14)12(16)13(9)17/h2-5,19H,18H2,1H3. The molecule has 0 atom stereocenters. The molecule has 0 amide bonds. The first-order valence-corrected chi connectivity index (χ1v) is 5.47. The molecule has 0 aliphatic heterocycles. The van der Waals surface area contributed by atoms with E-state index in [1.165, 1.54) is 13.2 Å². The number of methoxy groups -OCH3 is 1. The molecule has 0 aliphatic rings. The van der Waals surface area contributed by atoms with Crippen LogP contribution in [0.5, 0.6) is 5.75 Å². The van der Waals surface area contributed by atoms with Crippen molar-refractivity contribution in [3.63, 3.8) is 0 Å². The second-order valence-electron chi connectivity index (χ2n) is 3.92. The van der Waals surface area contributed by atoms with Crippen LogP contribution in [0.3, 0.4) is 0 Å². The maximum absolute atomic E-state index is 13.5. The molecule has 0 spiro atoms. The lowest BCUT2D eigenvalue weighted by Gasteiger charge is -2.12. The lowest BCUT2D eigenvalue weighted by molar-refractivity contribution is 0.387. The summed E-state index contributed by atoms with van der Waals surface area (Å²) in [6, 6.07) is 3.92. The first-order valence-electron chi connectivity index (χ1n) is 5.47. The van der Waals surface area contributed by atoms with E-state index in [0.717, 1.165) is 18.2 Å². The van der Waals surface area contributed by atoms with E-state index >= 15 is 0 Å². The Bertz CT molecular complexity index is 661. The number of halogens is 4. The maximum atomic E-state index is 13.5. The van der Waals surface area contributed by atoms with Gasteiger partial charge in [0.15, 0.2) is 29.0 Å². The maximum Gasteiger partial charge on any atom is 0.196 e. The highest BCUT2D eigenvalue weighted by Crippen LogP contribution is 2.31. The molecule has 106 valence electrons. The van der Waals surface area contributed by atoms with E-state index in [0.29, 0.717) is 0 Å². The van der Waals surface area contributed by atoms with E-state index in [-0.39, 0.29) is 22.8 Å². The summed E-state index contributed by atoms with van der Waals surface area (Å²) in [5.41, 5.74) is 5.30. The number of ether oxygens (including phenoxy) is 1. The molecule has 3 N–H and O–H groups in total. The molecular formula is C13H10F4N2O. The Kier molecular flexibility index (Phi) is 3.69. The molecule has 0 radical (unpaired) electrons. The van der Waals surface area contributed by atoms with Gasteiger partial charge in [0.25, 0.3) is 0 Å². The summed E-state index contributed by atoms with van der Waals surface area (Å²) in [6.45, 7) is 0. The van der Waals surface area contributed by atoms with Gasteiger partial charge in [0, 0.05) is 12.1 Å². The normalized spacial score (nSPS) is 10.4. The number of benzene rings is 2. The Morgan fingerprint density at radius 2 is 1.65 bits per heavy atom. The van der Waals surface area contributed by atoms with Crippen LogP contribution < -0.4 is 15.8 Å². The number of nitrogens with one attached hydrogen (secondary N) is 1. The van der Waals surface area contributed by atoms with Crippen molar-refractivity contribution in [2.75, 3.05) is 18.2 Å². The van der Waals surface area contributed by atoms with Crippen LogP contribution in [-0.2, 0) is 0 Å². The first kappa shape index (κ1) is 14.0. The zero-order valence-corrected chi connectivity index (χ0v) is 10.3. The van der Waals surface area contributed by atoms with Crippen LogP contribution in [0.15, 0.2) is 24.3 Å². The predicted octanol–water partition coefficient (Wildman–Crippen LogP) is 3.58. The fourth-order valence-corrected chi connectivity index (χ4v) is 1.60. The van der Waals surface area contributed by atoms with Crippen molar-refractivity contribution in [2.24, 2.45) is 0 Å². The van der Waals surface area contributed by atoms with Gasteiger partial charge in [0.05, 0.1) is 24.2 Å². The predicted molar refractivity (Wildman–Crippen MR) is 67.0 cm³/mol. The summed E-state index contributed by atoms with van der Waals surface area (Å²) < 4.78 is 57.5. The average molecular weight is 286 g/mol. The Labute approximate surface area is 112 Å². The Morgan fingerprint density at radius 3 is 2.30 bits per heavy atom. The second-order valence-corrected chi connectivity index (χ2v) is 3.92. The highest BCUT2D eigenvalue weighted by atomic mass is 19.2. The molecule has 3 nitrogen and oxygen atoms in total. The Morgan fingerprint density at radius 1 is 0.950 bits per heavy atom. The molecule has 0 bridgehead atoms. The minimum absolute atomic E-state index is 0.0348. The number of nitrogen functional groups attached to an aromatic ring is 1. The van der Waals surface area contributed by atoms with E-state index < -0.39 is 23.3 Å². The van der Waals surface area contributed by atoms with Crippen LogP contribution in [0, 0.1) is 23.3 Å². The molecular weight excluding hydrogens is 276 g/mol. The number of hydrogen-bond donors (Lipinski definition) is 2.